The van der Waals surface area contributed by atoms with Crippen LogP contribution in [0.3, 0.4) is 0 Å². The van der Waals surface area contributed by atoms with Gasteiger partial charge in [-0.1, -0.05) is 51.4 Å². The lowest BCUT2D eigenvalue weighted by Gasteiger charge is -2.45. The number of esters is 1. The van der Waals surface area contributed by atoms with Crippen molar-refractivity contribution in [1.82, 2.24) is 15.5 Å². The minimum Gasteiger partial charge on any atom is -0.438 e. The molecule has 4 N–H and O–H groups in total. The Bertz CT molecular complexity index is 1060. The van der Waals surface area contributed by atoms with Crippen LogP contribution in [0.2, 0.25) is 5.02 Å². The molecular formula is C25H39ClN3O8P. The first-order chi connectivity index (χ1) is 17.3. The molecule has 13 heteroatoms. The van der Waals surface area contributed by atoms with E-state index in [4.69, 9.17) is 26.1 Å². The molecule has 3 unspecified atom stereocenters. The third kappa shape index (κ3) is 9.24. The predicted molar refractivity (Wildman–Crippen MR) is 142 cm³/mol. The lowest BCUT2D eigenvalue weighted by atomic mass is 9.70. The number of urea groups is 1. The van der Waals surface area contributed by atoms with E-state index in [0.717, 1.165) is 13.3 Å². The second kappa shape index (κ2) is 12.3. The highest BCUT2D eigenvalue weighted by Gasteiger charge is 2.41. The fourth-order valence-corrected chi connectivity index (χ4v) is 5.25. The van der Waals surface area contributed by atoms with Crippen LogP contribution in [0, 0.1) is 11.3 Å². The van der Waals surface area contributed by atoms with Gasteiger partial charge < -0.3 is 30.1 Å². The summed E-state index contributed by atoms with van der Waals surface area (Å²) in [6, 6.07) is 6.19. The molecule has 11 nitrogen and oxygen atoms in total. The van der Waals surface area contributed by atoms with E-state index < -0.39 is 37.7 Å². The van der Waals surface area contributed by atoms with Gasteiger partial charge in [-0.25, -0.2) is 14.2 Å². The number of nitrogens with one attached hydrogen (secondary N) is 2. The second-order valence-electron chi connectivity index (χ2n) is 11.1. The number of carbonyl (C=O) groups excluding carboxylic acids is 3. The number of likely N-dealkylation sites (tertiary alicyclic amines) is 1. The van der Waals surface area contributed by atoms with Crippen molar-refractivity contribution in [2.45, 2.75) is 78.7 Å². The highest BCUT2D eigenvalue weighted by Crippen LogP contribution is 2.42. The quantitative estimate of drug-likeness (QED) is 0.197. The van der Waals surface area contributed by atoms with Crippen LogP contribution in [0.1, 0.15) is 66.4 Å². The Labute approximate surface area is 228 Å². The van der Waals surface area contributed by atoms with Crippen molar-refractivity contribution in [3.63, 3.8) is 0 Å². The number of hydrogen-bond donors (Lipinski definition) is 4. The van der Waals surface area contributed by atoms with E-state index in [9.17, 15) is 18.9 Å². The molecule has 0 bridgehead atoms. The number of amides is 3. The number of nitrogens with zero attached hydrogens (tertiary/aromatic N) is 1. The molecule has 1 saturated heterocycles. The summed E-state index contributed by atoms with van der Waals surface area (Å²) < 4.78 is 20.4. The van der Waals surface area contributed by atoms with E-state index in [1.807, 2.05) is 38.1 Å². The van der Waals surface area contributed by atoms with Crippen LogP contribution in [-0.4, -0.2) is 63.6 Å². The molecule has 38 heavy (non-hydrogen) atoms. The van der Waals surface area contributed by atoms with Crippen molar-refractivity contribution in [3.8, 4) is 0 Å². The third-order valence-corrected chi connectivity index (χ3v) is 7.27. The highest BCUT2D eigenvalue weighted by molar-refractivity contribution is 7.46. The van der Waals surface area contributed by atoms with Gasteiger partial charge in [0.05, 0.1) is 0 Å². The minimum absolute atomic E-state index is 0.212. The molecule has 214 valence electrons. The van der Waals surface area contributed by atoms with Gasteiger partial charge in [-0.2, -0.15) is 0 Å². The number of benzene rings is 1. The maximum absolute atomic E-state index is 13.5. The first-order valence-corrected chi connectivity index (χ1v) is 14.3. The Balaban J connectivity index is 2.03. The molecule has 1 aromatic carbocycles. The zero-order chi connectivity index (χ0) is 29.1. The number of hydrogen-bond acceptors (Lipinski definition) is 6. The van der Waals surface area contributed by atoms with Gasteiger partial charge >= 0.3 is 19.8 Å². The van der Waals surface area contributed by atoms with Gasteiger partial charge in [0, 0.05) is 18.1 Å². The molecule has 1 aromatic rings. The van der Waals surface area contributed by atoms with Gasteiger partial charge in [0.2, 0.25) is 5.91 Å². The number of halogens is 1. The molecule has 1 fully saturated rings. The van der Waals surface area contributed by atoms with Crippen LogP contribution in [0.4, 0.5) is 4.79 Å². The van der Waals surface area contributed by atoms with Crippen LogP contribution in [0.5, 0.6) is 0 Å². The van der Waals surface area contributed by atoms with Crippen LogP contribution in [0.25, 0.3) is 0 Å². The van der Waals surface area contributed by atoms with Crippen molar-refractivity contribution in [2.75, 3.05) is 13.1 Å². The Kier molecular flexibility index (Phi) is 10.4. The lowest BCUT2D eigenvalue weighted by Crippen LogP contribution is -2.59. The van der Waals surface area contributed by atoms with Crippen molar-refractivity contribution in [2.24, 2.45) is 11.3 Å². The molecule has 0 saturated carbocycles. The number of carbonyl (C=O) groups is 3. The first kappa shape index (κ1) is 32.0. The van der Waals surface area contributed by atoms with Crippen LogP contribution >= 0.6 is 19.4 Å². The summed E-state index contributed by atoms with van der Waals surface area (Å²) in [4.78, 5) is 57.9. The van der Waals surface area contributed by atoms with Crippen molar-refractivity contribution in [1.29, 1.82) is 0 Å². The second-order valence-corrected chi connectivity index (χ2v) is 12.8. The van der Waals surface area contributed by atoms with E-state index >= 15 is 0 Å². The number of piperidine rings is 1. The van der Waals surface area contributed by atoms with E-state index in [2.05, 4.69) is 29.0 Å². The summed E-state index contributed by atoms with van der Waals surface area (Å²) in [5.41, 5.74) is -0.605. The third-order valence-electron chi connectivity index (χ3n) is 6.43. The normalized spacial score (nSPS) is 19.4. The zero-order valence-electron chi connectivity index (χ0n) is 22.9. The van der Waals surface area contributed by atoms with Crippen LogP contribution in [-0.2, 0) is 23.4 Å². The smallest absolute Gasteiger partial charge is 0.438 e. The lowest BCUT2D eigenvalue weighted by molar-refractivity contribution is -0.166. The van der Waals surface area contributed by atoms with Gasteiger partial charge in [-0.3, -0.25) is 9.32 Å². The molecular weight excluding hydrogens is 537 g/mol. The van der Waals surface area contributed by atoms with Crippen molar-refractivity contribution >= 4 is 37.3 Å². The standard InChI is InChI=1S/C25H39ClN3O8P/c1-15(2)20(27-23(32)28-25(6,7)36-22(31)16(3)37-38(33,34)35)21(30)29-13-12-19(24(4,5)14-29)17-8-10-18(26)11-9-17/h8-11,15-16,19-20H,12-14H2,1-7H3,(H2,27,28,32)(H2,33,34,35). The molecule has 1 heterocycles. The summed E-state index contributed by atoms with van der Waals surface area (Å²) >= 11 is 6.04. The fourth-order valence-electron chi connectivity index (χ4n) is 4.63. The molecule has 0 aromatic heterocycles. The van der Waals surface area contributed by atoms with E-state index in [0.29, 0.717) is 18.1 Å². The summed E-state index contributed by atoms with van der Waals surface area (Å²) in [6.07, 6.45) is -0.806. The van der Waals surface area contributed by atoms with Crippen LogP contribution < -0.4 is 10.6 Å². The average Bonchev–Trinajstić information content (AvgIpc) is 2.75. The summed E-state index contributed by atoms with van der Waals surface area (Å²) in [5, 5.41) is 5.83. The monoisotopic (exact) mass is 575 g/mol. The summed E-state index contributed by atoms with van der Waals surface area (Å²) in [7, 11) is -4.90. The first-order valence-electron chi connectivity index (χ1n) is 12.4. The molecule has 1 aliphatic rings. The Morgan fingerprint density at radius 2 is 1.74 bits per heavy atom. The Hall–Kier alpha value is -2.17. The van der Waals surface area contributed by atoms with Gasteiger partial charge in [-0.15, -0.1) is 0 Å². The average molecular weight is 576 g/mol. The van der Waals surface area contributed by atoms with Gasteiger partial charge in [0.15, 0.2) is 11.8 Å². The fraction of sp³-hybridized carbons (Fsp3) is 0.640. The topological polar surface area (TPSA) is 155 Å². The molecule has 1 aliphatic heterocycles. The van der Waals surface area contributed by atoms with E-state index in [1.165, 1.54) is 19.4 Å². The van der Waals surface area contributed by atoms with E-state index in [1.54, 1.807) is 4.90 Å². The number of phosphoric acid groups is 1. The number of ether oxygens (including phenoxy) is 1. The van der Waals surface area contributed by atoms with Crippen LogP contribution in [0.15, 0.2) is 24.3 Å². The largest absolute Gasteiger partial charge is 0.470 e. The number of rotatable bonds is 9. The Morgan fingerprint density at radius 1 is 1.16 bits per heavy atom. The maximum Gasteiger partial charge on any atom is 0.470 e. The zero-order valence-corrected chi connectivity index (χ0v) is 24.5. The molecule has 0 spiro atoms. The molecule has 3 atom stereocenters. The maximum atomic E-state index is 13.5. The van der Waals surface area contributed by atoms with Crippen molar-refractivity contribution in [3.05, 3.63) is 34.9 Å². The van der Waals surface area contributed by atoms with Gasteiger partial charge in [-0.05, 0) is 62.1 Å². The number of phosphoric ester groups is 1. The molecule has 2 rings (SSSR count). The summed E-state index contributed by atoms with van der Waals surface area (Å²) in [6.45, 7) is 12.8. The predicted octanol–water partition coefficient (Wildman–Crippen LogP) is 3.78. The molecule has 3 amide bonds. The highest BCUT2D eigenvalue weighted by atomic mass is 35.5. The van der Waals surface area contributed by atoms with Crippen molar-refractivity contribution < 1.29 is 38.0 Å². The molecule has 0 aliphatic carbocycles. The minimum atomic E-state index is -4.90. The SMILES string of the molecule is CC(OP(=O)(O)O)C(=O)OC(C)(C)NC(=O)NC(C(=O)N1CCC(c2ccc(Cl)cc2)C(C)(C)C1)C(C)C. The Morgan fingerprint density at radius 3 is 2.24 bits per heavy atom. The van der Waals surface area contributed by atoms with Gasteiger partial charge in [0.25, 0.3) is 0 Å². The van der Waals surface area contributed by atoms with E-state index in [-0.39, 0.29) is 23.2 Å². The summed E-state index contributed by atoms with van der Waals surface area (Å²) in [5.74, 6) is -1.28. The molecule has 0 radical (unpaired) electrons. The van der Waals surface area contributed by atoms with Gasteiger partial charge in [0.1, 0.15) is 6.04 Å².